The highest BCUT2D eigenvalue weighted by Gasteiger charge is 2.19. The highest BCUT2D eigenvalue weighted by molar-refractivity contribution is 5.20. The van der Waals surface area contributed by atoms with Crippen LogP contribution in [-0.2, 0) is 0 Å². The molecule has 0 amide bonds. The van der Waals surface area contributed by atoms with Gasteiger partial charge in [0.2, 0.25) is 0 Å². The SMILES string of the molecule is OC(CNCC1CCCC(O)C1)COc1ccccc1. The molecule has 112 valence electrons. The smallest absolute Gasteiger partial charge is 0.119 e. The van der Waals surface area contributed by atoms with E-state index in [1.165, 1.54) is 6.42 Å². The molecule has 2 rings (SSSR count). The van der Waals surface area contributed by atoms with E-state index in [1.807, 2.05) is 30.3 Å². The number of aliphatic hydroxyl groups excluding tert-OH is 2. The zero-order chi connectivity index (χ0) is 14.2. The first-order chi connectivity index (χ1) is 9.74. The van der Waals surface area contributed by atoms with Crippen molar-refractivity contribution in [3.05, 3.63) is 30.3 Å². The molecule has 4 nitrogen and oxygen atoms in total. The van der Waals surface area contributed by atoms with Gasteiger partial charge < -0.3 is 20.3 Å². The maximum absolute atomic E-state index is 9.86. The molecule has 0 radical (unpaired) electrons. The maximum Gasteiger partial charge on any atom is 0.119 e. The lowest BCUT2D eigenvalue weighted by atomic mass is 9.87. The third-order valence-electron chi connectivity index (χ3n) is 3.75. The topological polar surface area (TPSA) is 61.7 Å². The Kier molecular flexibility index (Phi) is 6.30. The van der Waals surface area contributed by atoms with E-state index in [9.17, 15) is 10.2 Å². The lowest BCUT2D eigenvalue weighted by Crippen LogP contribution is -2.36. The zero-order valence-electron chi connectivity index (χ0n) is 11.9. The molecule has 20 heavy (non-hydrogen) atoms. The van der Waals surface area contributed by atoms with Crippen LogP contribution in [0.5, 0.6) is 5.75 Å². The normalized spacial score (nSPS) is 24.3. The van der Waals surface area contributed by atoms with Crippen molar-refractivity contribution in [3.63, 3.8) is 0 Å². The first kappa shape index (κ1) is 15.3. The van der Waals surface area contributed by atoms with E-state index in [1.54, 1.807) is 0 Å². The van der Waals surface area contributed by atoms with E-state index in [-0.39, 0.29) is 6.10 Å². The fraction of sp³-hybridized carbons (Fsp3) is 0.625. The molecule has 0 aromatic heterocycles. The predicted molar refractivity (Wildman–Crippen MR) is 78.8 cm³/mol. The average molecular weight is 279 g/mol. The van der Waals surface area contributed by atoms with Crippen LogP contribution in [0.4, 0.5) is 0 Å². The number of para-hydroxylation sites is 1. The Bertz CT molecular complexity index is 371. The van der Waals surface area contributed by atoms with Gasteiger partial charge in [0.1, 0.15) is 18.5 Å². The number of aliphatic hydroxyl groups is 2. The number of nitrogens with one attached hydrogen (secondary N) is 1. The molecule has 0 saturated heterocycles. The van der Waals surface area contributed by atoms with Crippen molar-refractivity contribution in [2.45, 2.75) is 37.9 Å². The van der Waals surface area contributed by atoms with Gasteiger partial charge in [-0.15, -0.1) is 0 Å². The summed E-state index contributed by atoms with van der Waals surface area (Å²) in [5, 5.41) is 22.7. The highest BCUT2D eigenvalue weighted by Crippen LogP contribution is 2.23. The van der Waals surface area contributed by atoms with Crippen LogP contribution in [0.2, 0.25) is 0 Å². The molecule has 3 N–H and O–H groups in total. The second kappa shape index (κ2) is 8.25. The van der Waals surface area contributed by atoms with Crippen LogP contribution in [-0.4, -0.2) is 42.1 Å². The van der Waals surface area contributed by atoms with Crippen molar-refractivity contribution in [1.82, 2.24) is 5.32 Å². The quantitative estimate of drug-likeness (QED) is 0.709. The minimum atomic E-state index is -0.510. The minimum Gasteiger partial charge on any atom is -0.491 e. The van der Waals surface area contributed by atoms with Crippen LogP contribution in [0.15, 0.2) is 30.3 Å². The number of benzene rings is 1. The number of hydrogen-bond donors (Lipinski definition) is 3. The van der Waals surface area contributed by atoms with Crippen molar-refractivity contribution in [3.8, 4) is 5.75 Å². The van der Waals surface area contributed by atoms with Crippen LogP contribution in [0.3, 0.4) is 0 Å². The van der Waals surface area contributed by atoms with Crippen molar-refractivity contribution in [2.75, 3.05) is 19.7 Å². The van der Waals surface area contributed by atoms with E-state index in [0.717, 1.165) is 31.6 Å². The summed E-state index contributed by atoms with van der Waals surface area (Å²) < 4.78 is 5.50. The van der Waals surface area contributed by atoms with E-state index < -0.39 is 6.10 Å². The fourth-order valence-corrected chi connectivity index (χ4v) is 2.67. The summed E-state index contributed by atoms with van der Waals surface area (Å²) in [4.78, 5) is 0. The fourth-order valence-electron chi connectivity index (χ4n) is 2.67. The minimum absolute atomic E-state index is 0.137. The largest absolute Gasteiger partial charge is 0.491 e. The molecular formula is C16H25NO3. The molecule has 0 spiro atoms. The first-order valence-electron chi connectivity index (χ1n) is 7.48. The van der Waals surface area contributed by atoms with Gasteiger partial charge in [0.25, 0.3) is 0 Å². The van der Waals surface area contributed by atoms with E-state index in [2.05, 4.69) is 5.32 Å². The van der Waals surface area contributed by atoms with Gasteiger partial charge in [0.15, 0.2) is 0 Å². The molecular weight excluding hydrogens is 254 g/mol. The Hall–Kier alpha value is -1.10. The Morgan fingerprint density at radius 3 is 2.80 bits per heavy atom. The monoisotopic (exact) mass is 279 g/mol. The molecule has 1 aromatic carbocycles. The molecule has 0 bridgehead atoms. The zero-order valence-corrected chi connectivity index (χ0v) is 11.9. The predicted octanol–water partition coefficient (Wildman–Crippen LogP) is 1.57. The standard InChI is InChI=1S/C16H25NO3/c18-14-6-4-5-13(9-14)10-17-11-15(19)12-20-16-7-2-1-3-8-16/h1-3,7-8,13-15,17-19H,4-6,9-12H2. The Morgan fingerprint density at radius 2 is 2.05 bits per heavy atom. The van der Waals surface area contributed by atoms with Gasteiger partial charge in [-0.25, -0.2) is 0 Å². The maximum atomic E-state index is 9.86. The van der Waals surface area contributed by atoms with Crippen molar-refractivity contribution >= 4 is 0 Å². The third kappa shape index (κ3) is 5.49. The van der Waals surface area contributed by atoms with Crippen LogP contribution in [0.25, 0.3) is 0 Å². The summed E-state index contributed by atoms with van der Waals surface area (Å²) in [6.45, 7) is 1.68. The average Bonchev–Trinajstić information content (AvgIpc) is 2.46. The van der Waals surface area contributed by atoms with Gasteiger partial charge in [-0.3, -0.25) is 0 Å². The van der Waals surface area contributed by atoms with E-state index in [0.29, 0.717) is 19.1 Å². The van der Waals surface area contributed by atoms with Gasteiger partial charge in [-0.05, 0) is 43.9 Å². The van der Waals surface area contributed by atoms with Crippen molar-refractivity contribution in [1.29, 1.82) is 0 Å². The molecule has 4 heteroatoms. The summed E-state index contributed by atoms with van der Waals surface area (Å²) in [6, 6.07) is 9.51. The molecule has 1 fully saturated rings. The van der Waals surface area contributed by atoms with E-state index in [4.69, 9.17) is 4.74 Å². The number of hydrogen-bond acceptors (Lipinski definition) is 4. The summed E-state index contributed by atoms with van der Waals surface area (Å²) in [5.41, 5.74) is 0. The van der Waals surface area contributed by atoms with Crippen molar-refractivity contribution in [2.24, 2.45) is 5.92 Å². The van der Waals surface area contributed by atoms with Gasteiger partial charge in [-0.2, -0.15) is 0 Å². The summed E-state index contributed by atoms with van der Waals surface area (Å²) in [7, 11) is 0. The molecule has 3 atom stereocenters. The Morgan fingerprint density at radius 1 is 1.25 bits per heavy atom. The summed E-state index contributed by atoms with van der Waals surface area (Å²) in [6.07, 6.45) is 3.44. The first-order valence-corrected chi connectivity index (χ1v) is 7.48. The molecule has 3 unspecified atom stereocenters. The third-order valence-corrected chi connectivity index (χ3v) is 3.75. The van der Waals surface area contributed by atoms with Gasteiger partial charge in [-0.1, -0.05) is 24.6 Å². The van der Waals surface area contributed by atoms with Gasteiger partial charge >= 0.3 is 0 Å². The lowest BCUT2D eigenvalue weighted by Gasteiger charge is -2.26. The van der Waals surface area contributed by atoms with Gasteiger partial charge in [0.05, 0.1) is 6.10 Å². The van der Waals surface area contributed by atoms with Crippen LogP contribution >= 0.6 is 0 Å². The summed E-state index contributed by atoms with van der Waals surface area (Å²) in [5.74, 6) is 1.31. The Labute approximate surface area is 120 Å². The molecule has 0 heterocycles. The van der Waals surface area contributed by atoms with E-state index >= 15 is 0 Å². The molecule has 1 aromatic rings. The van der Waals surface area contributed by atoms with Crippen LogP contribution in [0.1, 0.15) is 25.7 Å². The highest BCUT2D eigenvalue weighted by atomic mass is 16.5. The molecule has 1 aliphatic carbocycles. The lowest BCUT2D eigenvalue weighted by molar-refractivity contribution is 0.0904. The second-order valence-corrected chi connectivity index (χ2v) is 5.62. The van der Waals surface area contributed by atoms with Crippen LogP contribution < -0.4 is 10.1 Å². The number of ether oxygens (including phenoxy) is 1. The summed E-state index contributed by atoms with van der Waals surface area (Å²) >= 11 is 0. The molecule has 1 saturated carbocycles. The Balaban J connectivity index is 1.57. The molecule has 0 aliphatic heterocycles. The number of rotatable bonds is 7. The van der Waals surface area contributed by atoms with Crippen molar-refractivity contribution < 1.29 is 14.9 Å². The van der Waals surface area contributed by atoms with Crippen LogP contribution in [0, 0.1) is 5.92 Å². The van der Waals surface area contributed by atoms with Gasteiger partial charge in [0, 0.05) is 6.54 Å². The molecule has 1 aliphatic rings. The second-order valence-electron chi connectivity index (χ2n) is 5.62.